The van der Waals surface area contributed by atoms with Gasteiger partial charge < -0.3 is 10.4 Å². The molecule has 1 rings (SSSR count). The molecule has 0 heterocycles. The first kappa shape index (κ1) is 14.5. The van der Waals surface area contributed by atoms with Crippen LogP contribution < -0.4 is 5.32 Å². The Bertz CT molecular complexity index is 393. The van der Waals surface area contributed by atoms with E-state index >= 15 is 0 Å². The van der Waals surface area contributed by atoms with Gasteiger partial charge >= 0.3 is 0 Å². The van der Waals surface area contributed by atoms with Gasteiger partial charge in [-0.3, -0.25) is 9.69 Å². The van der Waals surface area contributed by atoms with E-state index in [0.717, 1.165) is 12.0 Å². The molecule has 18 heavy (non-hydrogen) atoms. The van der Waals surface area contributed by atoms with Crippen LogP contribution >= 0.6 is 0 Å². The standard InChI is InChI=1S/C14H22N2O2/c1-4-8-15-14(18)10-16(3)11(2)12-6-5-7-13(17)9-12/h5-7,9,11,17H,4,8,10H2,1-3H3,(H,15,18). The van der Waals surface area contributed by atoms with Gasteiger partial charge in [0.1, 0.15) is 5.75 Å². The highest BCUT2D eigenvalue weighted by Crippen LogP contribution is 2.21. The minimum Gasteiger partial charge on any atom is -0.508 e. The zero-order valence-electron chi connectivity index (χ0n) is 11.3. The van der Waals surface area contributed by atoms with Crippen molar-refractivity contribution in [3.05, 3.63) is 29.8 Å². The summed E-state index contributed by atoms with van der Waals surface area (Å²) in [5.74, 6) is 0.287. The van der Waals surface area contributed by atoms with E-state index in [9.17, 15) is 9.90 Å². The third-order valence-electron chi connectivity index (χ3n) is 2.98. The van der Waals surface area contributed by atoms with Crippen LogP contribution in [-0.2, 0) is 4.79 Å². The van der Waals surface area contributed by atoms with Crippen molar-refractivity contribution in [1.29, 1.82) is 0 Å². The quantitative estimate of drug-likeness (QED) is 0.811. The number of carbonyl (C=O) groups is 1. The SMILES string of the molecule is CCCNC(=O)CN(C)C(C)c1cccc(O)c1. The van der Waals surface area contributed by atoms with Crippen molar-refractivity contribution >= 4 is 5.91 Å². The molecule has 0 radical (unpaired) electrons. The smallest absolute Gasteiger partial charge is 0.234 e. The highest BCUT2D eigenvalue weighted by molar-refractivity contribution is 5.77. The molecule has 0 aromatic heterocycles. The van der Waals surface area contributed by atoms with Gasteiger partial charge in [-0.2, -0.15) is 0 Å². The molecule has 1 aromatic rings. The molecule has 1 amide bonds. The number of phenols is 1. The van der Waals surface area contributed by atoms with Crippen LogP contribution in [0, 0.1) is 0 Å². The fraction of sp³-hybridized carbons (Fsp3) is 0.500. The Balaban J connectivity index is 2.55. The summed E-state index contributed by atoms with van der Waals surface area (Å²) in [6.07, 6.45) is 0.942. The topological polar surface area (TPSA) is 52.6 Å². The number of nitrogens with one attached hydrogen (secondary N) is 1. The Hall–Kier alpha value is -1.55. The van der Waals surface area contributed by atoms with Gasteiger partial charge in [0.25, 0.3) is 0 Å². The molecular weight excluding hydrogens is 228 g/mol. The molecule has 0 aliphatic heterocycles. The summed E-state index contributed by atoms with van der Waals surface area (Å²) in [5, 5.41) is 12.3. The molecule has 0 fully saturated rings. The van der Waals surface area contributed by atoms with Crippen molar-refractivity contribution < 1.29 is 9.90 Å². The lowest BCUT2D eigenvalue weighted by Gasteiger charge is -2.24. The first-order chi connectivity index (χ1) is 8.54. The Morgan fingerprint density at radius 1 is 1.50 bits per heavy atom. The highest BCUT2D eigenvalue weighted by Gasteiger charge is 2.14. The summed E-state index contributed by atoms with van der Waals surface area (Å²) in [5.41, 5.74) is 1.00. The largest absolute Gasteiger partial charge is 0.508 e. The second kappa shape index (κ2) is 7.01. The number of phenolic OH excluding ortho intramolecular Hbond substituents is 1. The normalized spacial score (nSPS) is 12.4. The molecular formula is C14H22N2O2. The van der Waals surface area contributed by atoms with Crippen LogP contribution in [0.15, 0.2) is 24.3 Å². The van der Waals surface area contributed by atoms with Crippen molar-refractivity contribution in [3.63, 3.8) is 0 Å². The van der Waals surface area contributed by atoms with Gasteiger partial charge in [-0.1, -0.05) is 19.1 Å². The maximum absolute atomic E-state index is 11.6. The number of rotatable bonds is 6. The van der Waals surface area contributed by atoms with Crippen LogP contribution in [0.5, 0.6) is 5.75 Å². The van der Waals surface area contributed by atoms with Crippen molar-refractivity contribution in [3.8, 4) is 5.75 Å². The van der Waals surface area contributed by atoms with Crippen LogP contribution in [0.1, 0.15) is 31.9 Å². The summed E-state index contributed by atoms with van der Waals surface area (Å²) in [6, 6.07) is 7.22. The molecule has 1 atom stereocenters. The van der Waals surface area contributed by atoms with Gasteiger partial charge in [0, 0.05) is 12.6 Å². The number of benzene rings is 1. The van der Waals surface area contributed by atoms with E-state index in [1.54, 1.807) is 12.1 Å². The minimum atomic E-state index is 0.0337. The van der Waals surface area contributed by atoms with Crippen LogP contribution in [0.3, 0.4) is 0 Å². The minimum absolute atomic E-state index is 0.0337. The molecule has 1 unspecified atom stereocenters. The molecule has 100 valence electrons. The van der Waals surface area contributed by atoms with E-state index in [4.69, 9.17) is 0 Å². The number of aromatic hydroxyl groups is 1. The van der Waals surface area contributed by atoms with Crippen LogP contribution in [0.25, 0.3) is 0 Å². The molecule has 0 saturated heterocycles. The molecule has 0 saturated carbocycles. The average molecular weight is 250 g/mol. The zero-order valence-corrected chi connectivity index (χ0v) is 11.3. The number of nitrogens with zero attached hydrogens (tertiary/aromatic N) is 1. The summed E-state index contributed by atoms with van der Waals surface area (Å²) in [4.78, 5) is 13.6. The maximum atomic E-state index is 11.6. The maximum Gasteiger partial charge on any atom is 0.234 e. The van der Waals surface area contributed by atoms with Gasteiger partial charge in [-0.05, 0) is 38.1 Å². The lowest BCUT2D eigenvalue weighted by molar-refractivity contribution is -0.122. The lowest BCUT2D eigenvalue weighted by Crippen LogP contribution is -2.36. The van der Waals surface area contributed by atoms with Crippen LogP contribution in [0.2, 0.25) is 0 Å². The molecule has 0 aliphatic carbocycles. The summed E-state index contributed by atoms with van der Waals surface area (Å²) in [6.45, 7) is 5.12. The molecule has 1 aromatic carbocycles. The van der Waals surface area contributed by atoms with Gasteiger partial charge in [0.15, 0.2) is 0 Å². The lowest BCUT2D eigenvalue weighted by atomic mass is 10.1. The Morgan fingerprint density at radius 2 is 2.22 bits per heavy atom. The van der Waals surface area contributed by atoms with Crippen molar-refractivity contribution in [1.82, 2.24) is 10.2 Å². The first-order valence-corrected chi connectivity index (χ1v) is 6.30. The van der Waals surface area contributed by atoms with Crippen LogP contribution in [0.4, 0.5) is 0 Å². The molecule has 4 heteroatoms. The first-order valence-electron chi connectivity index (χ1n) is 6.30. The molecule has 0 bridgehead atoms. The molecule has 2 N–H and O–H groups in total. The van der Waals surface area contributed by atoms with Gasteiger partial charge in [0.05, 0.1) is 6.54 Å². The highest BCUT2D eigenvalue weighted by atomic mass is 16.3. The van der Waals surface area contributed by atoms with E-state index in [-0.39, 0.29) is 17.7 Å². The summed E-state index contributed by atoms with van der Waals surface area (Å²) < 4.78 is 0. The number of likely N-dealkylation sites (N-methyl/N-ethyl adjacent to an activating group) is 1. The fourth-order valence-corrected chi connectivity index (χ4v) is 1.72. The van der Waals surface area contributed by atoms with Gasteiger partial charge in [-0.15, -0.1) is 0 Å². The van der Waals surface area contributed by atoms with Gasteiger partial charge in [-0.25, -0.2) is 0 Å². The zero-order chi connectivity index (χ0) is 13.5. The van der Waals surface area contributed by atoms with Crippen molar-refractivity contribution in [2.24, 2.45) is 0 Å². The summed E-state index contributed by atoms with van der Waals surface area (Å²) in [7, 11) is 1.90. The number of amides is 1. The number of carbonyl (C=O) groups excluding carboxylic acids is 1. The third-order valence-corrected chi connectivity index (χ3v) is 2.98. The molecule has 0 spiro atoms. The average Bonchev–Trinajstić information content (AvgIpc) is 2.35. The Morgan fingerprint density at radius 3 is 2.83 bits per heavy atom. The number of hydrogen-bond donors (Lipinski definition) is 2. The van der Waals surface area contributed by atoms with Crippen LogP contribution in [-0.4, -0.2) is 36.1 Å². The second-order valence-corrected chi connectivity index (χ2v) is 4.54. The van der Waals surface area contributed by atoms with Crippen molar-refractivity contribution in [2.45, 2.75) is 26.3 Å². The number of hydrogen-bond acceptors (Lipinski definition) is 3. The predicted octanol–water partition coefficient (Wildman–Crippen LogP) is 1.91. The third kappa shape index (κ3) is 4.37. The van der Waals surface area contributed by atoms with E-state index in [0.29, 0.717) is 13.1 Å². The van der Waals surface area contributed by atoms with E-state index in [1.807, 2.05) is 37.9 Å². The van der Waals surface area contributed by atoms with Gasteiger partial charge in [0.2, 0.25) is 5.91 Å². The monoisotopic (exact) mass is 250 g/mol. The second-order valence-electron chi connectivity index (χ2n) is 4.54. The predicted molar refractivity (Wildman–Crippen MR) is 72.5 cm³/mol. The van der Waals surface area contributed by atoms with E-state index in [1.165, 1.54) is 0 Å². The Labute approximate surface area is 109 Å². The van der Waals surface area contributed by atoms with E-state index < -0.39 is 0 Å². The van der Waals surface area contributed by atoms with E-state index in [2.05, 4.69) is 5.32 Å². The molecule has 4 nitrogen and oxygen atoms in total. The summed E-state index contributed by atoms with van der Waals surface area (Å²) >= 11 is 0. The fourth-order valence-electron chi connectivity index (χ4n) is 1.72. The van der Waals surface area contributed by atoms with Crippen molar-refractivity contribution in [2.75, 3.05) is 20.1 Å². The molecule has 0 aliphatic rings. The Kier molecular flexibility index (Phi) is 5.65.